The van der Waals surface area contributed by atoms with E-state index < -0.39 is 0 Å². The van der Waals surface area contributed by atoms with Crippen LogP contribution < -0.4 is 0 Å². The maximum atomic E-state index is 12.1. The first kappa shape index (κ1) is 14.8. The molecule has 0 radical (unpaired) electrons. The number of rotatable bonds is 1. The molecule has 2 atom stereocenters. The monoisotopic (exact) mass is 322 g/mol. The number of morpholine rings is 1. The molecule has 0 saturated carbocycles. The van der Waals surface area contributed by atoms with Crippen molar-refractivity contribution < 1.29 is 9.53 Å². The quantitative estimate of drug-likeness (QED) is 0.745. The first-order valence-electron chi connectivity index (χ1n) is 7.00. The minimum Gasteiger partial charge on any atom is -0.372 e. The first-order valence-corrected chi connectivity index (χ1v) is 8.69. The summed E-state index contributed by atoms with van der Waals surface area (Å²) in [5, 5.41) is 2.85. The molecule has 6 heteroatoms. The van der Waals surface area contributed by atoms with E-state index in [0.717, 1.165) is 23.1 Å². The summed E-state index contributed by atoms with van der Waals surface area (Å²) in [7, 11) is 0. The number of amidine groups is 1. The van der Waals surface area contributed by atoms with Crippen LogP contribution in [-0.2, 0) is 9.53 Å². The number of thiophene rings is 1. The number of amides is 1. The van der Waals surface area contributed by atoms with Crippen molar-refractivity contribution in [2.24, 2.45) is 4.99 Å². The van der Waals surface area contributed by atoms with Gasteiger partial charge in [0.1, 0.15) is 0 Å². The van der Waals surface area contributed by atoms with E-state index in [0.29, 0.717) is 4.91 Å². The van der Waals surface area contributed by atoms with Gasteiger partial charge in [0, 0.05) is 18.0 Å². The number of thioether (sulfide) groups is 1. The Morgan fingerprint density at radius 2 is 2.10 bits per heavy atom. The van der Waals surface area contributed by atoms with Crippen molar-refractivity contribution in [1.82, 2.24) is 4.90 Å². The Balaban J connectivity index is 1.76. The van der Waals surface area contributed by atoms with Gasteiger partial charge in [-0.3, -0.25) is 4.79 Å². The Hall–Kier alpha value is -1.11. The Kier molecular flexibility index (Phi) is 4.19. The summed E-state index contributed by atoms with van der Waals surface area (Å²) in [6.07, 6.45) is 2.29. The topological polar surface area (TPSA) is 41.9 Å². The van der Waals surface area contributed by atoms with Crippen molar-refractivity contribution in [3.63, 3.8) is 0 Å². The number of carbonyl (C=O) groups is 1. The standard InChI is InChI=1S/C15H18N2O2S2/c1-9-4-5-20-12(9)6-13-14(18)16-15(21-13)17-7-10(2)19-11(3)8-17/h4-6,10-11H,7-8H2,1-3H3/b13-6+/t10-,11-/m1/s1. The molecule has 0 bridgehead atoms. The van der Waals surface area contributed by atoms with Crippen molar-refractivity contribution in [2.45, 2.75) is 33.0 Å². The fraction of sp³-hybridized carbons (Fsp3) is 0.467. The third kappa shape index (κ3) is 3.22. The number of hydrogen-bond donors (Lipinski definition) is 0. The van der Waals surface area contributed by atoms with Crippen molar-refractivity contribution in [1.29, 1.82) is 0 Å². The van der Waals surface area contributed by atoms with Crippen molar-refractivity contribution in [2.75, 3.05) is 13.1 Å². The molecule has 3 heterocycles. The van der Waals surface area contributed by atoms with Crippen molar-refractivity contribution in [3.05, 3.63) is 26.8 Å². The van der Waals surface area contributed by atoms with E-state index in [-0.39, 0.29) is 18.1 Å². The van der Waals surface area contributed by atoms with Gasteiger partial charge in [0.15, 0.2) is 5.17 Å². The third-order valence-corrected chi connectivity index (χ3v) is 5.47. The van der Waals surface area contributed by atoms with Gasteiger partial charge in [-0.15, -0.1) is 11.3 Å². The predicted molar refractivity (Wildman–Crippen MR) is 88.6 cm³/mol. The second-order valence-corrected chi connectivity index (χ2v) is 7.40. The second kappa shape index (κ2) is 5.94. The van der Waals surface area contributed by atoms with Gasteiger partial charge in [0.25, 0.3) is 5.91 Å². The molecule has 0 spiro atoms. The van der Waals surface area contributed by atoms with Crippen LogP contribution in [0.15, 0.2) is 21.3 Å². The molecule has 1 aromatic heterocycles. The van der Waals surface area contributed by atoms with Gasteiger partial charge in [0.2, 0.25) is 0 Å². The molecule has 4 nitrogen and oxygen atoms in total. The molecule has 0 aromatic carbocycles. The number of aliphatic imine (C=N–C) groups is 1. The van der Waals surface area contributed by atoms with Crippen LogP contribution in [0.25, 0.3) is 6.08 Å². The van der Waals surface area contributed by atoms with Crippen LogP contribution in [0, 0.1) is 6.92 Å². The minimum absolute atomic E-state index is 0.130. The maximum absolute atomic E-state index is 12.1. The lowest BCUT2D eigenvalue weighted by Gasteiger charge is -2.35. The summed E-state index contributed by atoms with van der Waals surface area (Å²) in [6.45, 7) is 7.73. The molecule has 2 aliphatic heterocycles. The molecular weight excluding hydrogens is 304 g/mol. The van der Waals surface area contributed by atoms with E-state index in [4.69, 9.17) is 4.74 Å². The summed E-state index contributed by atoms with van der Waals surface area (Å²) in [5.74, 6) is -0.130. The van der Waals surface area contributed by atoms with Crippen LogP contribution in [0.2, 0.25) is 0 Å². The average molecular weight is 322 g/mol. The average Bonchev–Trinajstić information content (AvgIpc) is 2.97. The molecule has 0 aliphatic carbocycles. The van der Waals surface area contributed by atoms with E-state index in [1.165, 1.54) is 17.3 Å². The van der Waals surface area contributed by atoms with Crippen LogP contribution in [-0.4, -0.2) is 41.3 Å². The Morgan fingerprint density at radius 1 is 1.38 bits per heavy atom. The Labute approximate surface area is 132 Å². The zero-order valence-electron chi connectivity index (χ0n) is 12.3. The highest BCUT2D eigenvalue weighted by Gasteiger charge is 2.31. The summed E-state index contributed by atoms with van der Waals surface area (Å²) in [4.78, 5) is 20.3. The maximum Gasteiger partial charge on any atom is 0.286 e. The SMILES string of the molecule is Cc1ccsc1/C=C1/SC(N2C[C@@H](C)O[C@H](C)C2)=NC1=O. The normalized spacial score (nSPS) is 28.3. The minimum atomic E-state index is -0.130. The van der Waals surface area contributed by atoms with Crippen LogP contribution >= 0.6 is 23.1 Å². The molecule has 2 aliphatic rings. The van der Waals surface area contributed by atoms with Crippen molar-refractivity contribution >= 4 is 40.2 Å². The molecule has 1 amide bonds. The molecule has 21 heavy (non-hydrogen) atoms. The zero-order valence-corrected chi connectivity index (χ0v) is 14.0. The van der Waals surface area contributed by atoms with Crippen LogP contribution in [0.1, 0.15) is 24.3 Å². The summed E-state index contributed by atoms with van der Waals surface area (Å²) < 4.78 is 5.73. The lowest BCUT2D eigenvalue weighted by Crippen LogP contribution is -2.47. The molecular formula is C15H18N2O2S2. The summed E-state index contributed by atoms with van der Waals surface area (Å²) in [6, 6.07) is 2.06. The molecule has 1 saturated heterocycles. The second-order valence-electron chi connectivity index (χ2n) is 5.44. The lowest BCUT2D eigenvalue weighted by atomic mass is 10.2. The summed E-state index contributed by atoms with van der Waals surface area (Å²) >= 11 is 3.12. The highest BCUT2D eigenvalue weighted by molar-refractivity contribution is 8.18. The summed E-state index contributed by atoms with van der Waals surface area (Å²) in [5.41, 5.74) is 1.20. The first-order chi connectivity index (χ1) is 10.0. The molecule has 3 rings (SSSR count). The van der Waals surface area contributed by atoms with Gasteiger partial charge in [0.05, 0.1) is 17.1 Å². The largest absolute Gasteiger partial charge is 0.372 e. The van der Waals surface area contributed by atoms with E-state index in [9.17, 15) is 4.79 Å². The number of aryl methyl sites for hydroxylation is 1. The van der Waals surface area contributed by atoms with E-state index in [2.05, 4.69) is 36.7 Å². The highest BCUT2D eigenvalue weighted by atomic mass is 32.2. The van der Waals surface area contributed by atoms with Crippen LogP contribution in [0.5, 0.6) is 0 Å². The number of carbonyl (C=O) groups excluding carboxylic acids is 1. The number of ether oxygens (including phenoxy) is 1. The number of nitrogens with zero attached hydrogens (tertiary/aromatic N) is 2. The smallest absolute Gasteiger partial charge is 0.286 e. The molecule has 0 N–H and O–H groups in total. The van der Waals surface area contributed by atoms with Gasteiger partial charge in [-0.05, 0) is 55.6 Å². The Bertz CT molecular complexity index is 611. The third-order valence-electron chi connectivity index (χ3n) is 3.46. The molecule has 1 fully saturated rings. The fourth-order valence-corrected chi connectivity index (χ4v) is 4.37. The number of hydrogen-bond acceptors (Lipinski definition) is 5. The van der Waals surface area contributed by atoms with Gasteiger partial charge in [-0.1, -0.05) is 0 Å². The highest BCUT2D eigenvalue weighted by Crippen LogP contribution is 2.33. The molecule has 112 valence electrons. The zero-order chi connectivity index (χ0) is 15.0. The Morgan fingerprint density at radius 3 is 2.71 bits per heavy atom. The predicted octanol–water partition coefficient (Wildman–Crippen LogP) is 3.14. The van der Waals surface area contributed by atoms with Gasteiger partial charge in [-0.2, -0.15) is 4.99 Å². The van der Waals surface area contributed by atoms with Gasteiger partial charge < -0.3 is 9.64 Å². The van der Waals surface area contributed by atoms with Crippen LogP contribution in [0.4, 0.5) is 0 Å². The van der Waals surface area contributed by atoms with Gasteiger partial charge >= 0.3 is 0 Å². The van der Waals surface area contributed by atoms with E-state index in [1.54, 1.807) is 11.3 Å². The molecule has 1 aromatic rings. The van der Waals surface area contributed by atoms with Gasteiger partial charge in [-0.25, -0.2) is 0 Å². The van der Waals surface area contributed by atoms with Crippen molar-refractivity contribution in [3.8, 4) is 0 Å². The fourth-order valence-electron chi connectivity index (χ4n) is 2.52. The van der Waals surface area contributed by atoms with E-state index >= 15 is 0 Å². The lowest BCUT2D eigenvalue weighted by molar-refractivity contribution is -0.113. The van der Waals surface area contributed by atoms with E-state index in [1.807, 2.05) is 11.5 Å². The van der Waals surface area contributed by atoms with Crippen LogP contribution in [0.3, 0.4) is 0 Å². The molecule has 0 unspecified atom stereocenters.